The zero-order valence-corrected chi connectivity index (χ0v) is 81.8. The number of benzene rings is 4. The summed E-state index contributed by atoms with van der Waals surface area (Å²) in [6, 6.07) is 5.19. The Morgan fingerprint density at radius 3 is 1.06 bits per heavy atom. The minimum atomic E-state index is -1.63. The SMILES string of the molecule is CC(C)C[C@@H]1NC(=O)[C@H](CCCNC(=N)N)NC(=O)[C@H](CC(C)C)NC(=O)[C@@H]2CCCN2C(=O)[C@H]2CCCN2C(=O)[C@H](Cc2cccc3ccccc23)NC(=O)[C@H](CCCNC(=N)N)NC(=O)[C@H](Cc2ccc(O)cc2)NC(=O)[C@H](CCCCN)NC(=O)[C@H](Cc2c[nH]c3ccccc23)NC(=O)[C@H](CCCNC(=N)N)NC(=O)[C@H](CCCNC(=N)N)NC(=O)[C@H](CCCCN)NC(=O)[C@H](CCCCN)NC1=O. The van der Waals surface area contributed by atoms with Crippen LogP contribution in [0.4, 0.5) is 0 Å². The molecule has 778 valence electrons. The van der Waals surface area contributed by atoms with Crippen molar-refractivity contribution in [2.45, 2.75) is 279 Å². The fraction of sp³-hybridized carbons (Fsp3) is 0.567. The van der Waals surface area contributed by atoms with Crippen molar-refractivity contribution < 1.29 is 72.2 Å². The van der Waals surface area contributed by atoms with E-state index in [1.54, 1.807) is 56.4 Å². The quantitative estimate of drug-likeness (QED) is 0.0120. The molecule has 0 radical (unpaired) electrons. The molecule has 3 aliphatic heterocycles. The predicted molar refractivity (Wildman–Crippen MR) is 538 cm³/mol. The van der Waals surface area contributed by atoms with Crippen LogP contribution in [-0.2, 0) is 86.4 Å². The van der Waals surface area contributed by atoms with Crippen LogP contribution in [-0.4, -0.2) is 270 Å². The van der Waals surface area contributed by atoms with Gasteiger partial charge < -0.3 is 145 Å². The Hall–Kier alpha value is -14.0. The summed E-state index contributed by atoms with van der Waals surface area (Å²) in [7, 11) is 0. The molecule has 36 N–H and O–H groups in total. The number of para-hydroxylation sites is 1. The van der Waals surface area contributed by atoms with E-state index in [4.69, 9.17) is 61.8 Å². The minimum absolute atomic E-state index is 0.00168. The number of fused-ring (bicyclic) bond motifs is 4. The molecule has 0 aliphatic carbocycles. The smallest absolute Gasteiger partial charge is 0.246 e. The lowest BCUT2D eigenvalue weighted by atomic mass is 9.97. The number of hydrogen-bond donors (Lipinski definition) is 29. The first kappa shape index (κ1) is 113. The number of phenolic OH excluding ortho intramolecular Hbond substituents is 1. The maximum absolute atomic E-state index is 16.0. The number of aromatic nitrogens is 1. The molecule has 0 bridgehead atoms. The van der Waals surface area contributed by atoms with E-state index in [1.807, 2.05) is 44.2 Å². The van der Waals surface area contributed by atoms with E-state index in [0.717, 1.165) is 10.8 Å². The van der Waals surface area contributed by atoms with Gasteiger partial charge in [-0.3, -0.25) is 88.8 Å². The van der Waals surface area contributed by atoms with Crippen molar-refractivity contribution in [3.05, 3.63) is 114 Å². The van der Waals surface area contributed by atoms with Crippen molar-refractivity contribution in [1.29, 1.82) is 21.6 Å². The number of guanidine groups is 4. The first-order chi connectivity index (χ1) is 67.9. The van der Waals surface area contributed by atoms with E-state index >= 15 is 67.1 Å². The van der Waals surface area contributed by atoms with Crippen molar-refractivity contribution in [3.63, 3.8) is 0 Å². The van der Waals surface area contributed by atoms with E-state index < -0.39 is 185 Å². The molecule has 14 amide bonds. The van der Waals surface area contributed by atoms with Crippen LogP contribution in [0.3, 0.4) is 0 Å². The van der Waals surface area contributed by atoms with E-state index in [1.165, 1.54) is 34.1 Å². The zero-order chi connectivity index (χ0) is 103. The Morgan fingerprint density at radius 1 is 0.345 bits per heavy atom. The average molecular weight is 1980 g/mol. The van der Waals surface area contributed by atoms with Crippen LogP contribution in [0.25, 0.3) is 21.7 Å². The van der Waals surface area contributed by atoms with Gasteiger partial charge >= 0.3 is 0 Å². The predicted octanol–water partition coefficient (Wildman–Crippen LogP) is -1.60. The molecule has 142 heavy (non-hydrogen) atoms. The first-order valence-electron chi connectivity index (χ1n) is 49.4. The Kier molecular flexibility index (Phi) is 46.5. The molecule has 0 saturated carbocycles. The summed E-state index contributed by atoms with van der Waals surface area (Å²) in [6.45, 7) is 7.77. The highest BCUT2D eigenvalue weighted by atomic mass is 16.3. The molecule has 3 fully saturated rings. The summed E-state index contributed by atoms with van der Waals surface area (Å²) in [5.74, 6) is -14.3. The number of aromatic hydroxyl groups is 1. The van der Waals surface area contributed by atoms with Crippen LogP contribution in [0, 0.1) is 33.5 Å². The Bertz CT molecular complexity index is 5110. The van der Waals surface area contributed by atoms with Crippen molar-refractivity contribution in [3.8, 4) is 5.75 Å². The molecule has 1 aromatic heterocycles. The van der Waals surface area contributed by atoms with Crippen molar-refractivity contribution in [1.82, 2.24) is 99.9 Å². The van der Waals surface area contributed by atoms with Crippen LogP contribution in [0.15, 0.2) is 97.2 Å². The fourth-order valence-electron chi connectivity index (χ4n) is 17.8. The number of hydrogen-bond acceptors (Lipinski definition) is 22. The number of aromatic amines is 1. The molecular weight excluding hydrogens is 1830 g/mol. The number of nitrogens with zero attached hydrogens (tertiary/aromatic N) is 2. The number of rotatable bonds is 38. The van der Waals surface area contributed by atoms with Gasteiger partial charge in [0.05, 0.1) is 0 Å². The molecule has 5 aromatic rings. The Labute approximate surface area is 827 Å². The van der Waals surface area contributed by atoms with Crippen LogP contribution >= 0.6 is 0 Å². The standard InChI is InChI=1S/C97H150N30O15/c1-56(2)50-73-87(136)117-67(29-10-13-42-99)81(130)114-66(28-9-12-41-98)80(129)115-69(31-16-44-109-94(101)102)82(131)116-70(32-17-45-110-95(103)104)85(134)123-76(54-61-55-113-65-27-8-7-26-64(61)65)90(139)118-68(30-11-14-43-100)83(132)122-75(52-58-37-39-62(128)40-38-58)89(138)120-72(34-19-47-112-97(107)108)86(135)125-77(53-60-24-15-23-59-22-5-6-25-63(59)60)92(141)127-49-21-36-79(127)93(142)126-48-20-35-78(126)91(140)124-74(51-57(3)4)88(137)119-71(84(133)121-73)33-18-46-111-96(105)106/h5-8,15,22-27,37-40,55-57,66-79,113,128H,9-14,16-21,28-36,41-54,98-100H2,1-4H3,(H,114,130)(H,115,129)(H,116,131)(H,117,136)(H,118,139)(H,119,137)(H,120,138)(H,121,133)(H,122,132)(H,123,134)(H,124,140)(H,125,135)(H4,101,102,109)(H4,103,104,110)(H4,105,106,111)(H4,107,108,112)/t66-,67-,68-,69-,70-,71-,72-,73-,74-,75-,76-,77-,78-,79+/m0/s1. The largest absolute Gasteiger partial charge is 0.508 e. The molecule has 0 unspecified atom stereocenters. The van der Waals surface area contributed by atoms with E-state index in [0.29, 0.717) is 59.7 Å². The number of H-pyrrole nitrogens is 1. The first-order valence-corrected chi connectivity index (χ1v) is 49.4. The highest BCUT2D eigenvalue weighted by Crippen LogP contribution is 2.30. The van der Waals surface area contributed by atoms with Gasteiger partial charge in [0.25, 0.3) is 0 Å². The van der Waals surface area contributed by atoms with Crippen LogP contribution in [0.5, 0.6) is 5.75 Å². The number of amides is 14. The third kappa shape index (κ3) is 36.6. The molecule has 45 heteroatoms. The lowest BCUT2D eigenvalue weighted by Crippen LogP contribution is -2.61. The van der Waals surface area contributed by atoms with Gasteiger partial charge in [-0.15, -0.1) is 0 Å². The highest BCUT2D eigenvalue weighted by Gasteiger charge is 2.46. The summed E-state index contributed by atoms with van der Waals surface area (Å²) >= 11 is 0. The molecule has 3 aliphatic rings. The maximum atomic E-state index is 16.0. The highest BCUT2D eigenvalue weighted by molar-refractivity contribution is 6.02. The van der Waals surface area contributed by atoms with Gasteiger partial charge in [-0.2, -0.15) is 0 Å². The third-order valence-corrected chi connectivity index (χ3v) is 25.2. The second-order valence-corrected chi connectivity index (χ2v) is 37.4. The van der Waals surface area contributed by atoms with Gasteiger partial charge in [0.1, 0.15) is 90.3 Å². The summed E-state index contributed by atoms with van der Waals surface area (Å²) in [4.78, 5) is 222. The minimum Gasteiger partial charge on any atom is -0.508 e. The number of unbranched alkanes of at least 4 members (excludes halogenated alkanes) is 3. The normalized spacial score (nSPS) is 23.1. The lowest BCUT2D eigenvalue weighted by molar-refractivity contribution is -0.148. The van der Waals surface area contributed by atoms with Gasteiger partial charge in [-0.05, 0) is 225 Å². The second-order valence-electron chi connectivity index (χ2n) is 37.4. The molecule has 14 atom stereocenters. The van der Waals surface area contributed by atoms with E-state index in [-0.39, 0.29) is 217 Å². The molecule has 8 rings (SSSR count). The van der Waals surface area contributed by atoms with Crippen molar-refractivity contribution in [2.75, 3.05) is 58.9 Å². The van der Waals surface area contributed by atoms with Gasteiger partial charge in [-0.25, -0.2) is 0 Å². The Balaban J connectivity index is 1.27. The van der Waals surface area contributed by atoms with Gasteiger partial charge in [0.15, 0.2) is 23.8 Å². The third-order valence-electron chi connectivity index (χ3n) is 25.2. The summed E-state index contributed by atoms with van der Waals surface area (Å²) in [6.07, 6.45) is 2.68. The summed E-state index contributed by atoms with van der Waals surface area (Å²) < 4.78 is 0. The Morgan fingerprint density at radius 2 is 0.662 bits per heavy atom. The number of carbonyl (C=O) groups excluding carboxylic acids is 14. The molecular formula is C97H150N30O15. The number of carbonyl (C=O) groups is 14. The summed E-state index contributed by atoms with van der Waals surface area (Å²) in [5.41, 5.74) is 43.1. The maximum Gasteiger partial charge on any atom is 0.246 e. The molecule has 4 heterocycles. The second kappa shape index (κ2) is 58.3. The van der Waals surface area contributed by atoms with Gasteiger partial charge in [-0.1, -0.05) is 100 Å². The van der Waals surface area contributed by atoms with Gasteiger partial charge in [0.2, 0.25) is 82.7 Å². The van der Waals surface area contributed by atoms with Gasteiger partial charge in [0, 0.05) is 75.6 Å². The number of nitrogens with one attached hydrogen (secondary N) is 21. The summed E-state index contributed by atoms with van der Waals surface area (Å²) in [5, 5.41) is 89.1. The molecule has 4 aromatic carbocycles. The molecule has 45 nitrogen and oxygen atoms in total. The average Bonchev–Trinajstić information content (AvgIpc) is 1.50. The number of nitrogens with two attached hydrogens (primary N) is 7. The van der Waals surface area contributed by atoms with Crippen LogP contribution < -0.4 is 125 Å². The molecule has 3 saturated heterocycles. The van der Waals surface area contributed by atoms with Crippen molar-refractivity contribution in [2.24, 2.45) is 52.0 Å². The monoisotopic (exact) mass is 1980 g/mol. The van der Waals surface area contributed by atoms with E-state index in [2.05, 4.69) is 90.1 Å². The van der Waals surface area contributed by atoms with Crippen LogP contribution in [0.1, 0.15) is 192 Å². The topological polar surface area (TPSA) is 751 Å². The fourth-order valence-corrected chi connectivity index (χ4v) is 17.8. The lowest BCUT2D eigenvalue weighted by Gasteiger charge is -2.34. The number of phenols is 1. The van der Waals surface area contributed by atoms with Crippen molar-refractivity contribution >= 4 is 128 Å². The van der Waals surface area contributed by atoms with E-state index in [9.17, 15) is 5.11 Å². The molecule has 0 spiro atoms. The van der Waals surface area contributed by atoms with Crippen LogP contribution in [0.2, 0.25) is 0 Å². The zero-order valence-electron chi connectivity index (χ0n) is 81.8.